The molecule has 1 atom stereocenters. The standard InChI is InChI=1S/C8H8O3.C7H11O9P.C2H8N2O.C2H8N2.3C2H4O2/c9-7-4-2-1-3-6(7)5-8(10)11;8-4(9)1-2-7(6(12)13,3-5(10)11)17(14,15)16;3-1-2-4-5;3-1-2-4;3*1-2(3)4/h1-4,9H,5H2,(H,10,11);1-3H2,(H,8,9)(H,10,11)(H,12,13)(H2,14,15,16);4-5H,1-3H2;1-4H2;3*1H3,(H,3,4). The number of phenolic OH excluding ortho intramolecular Hbond substituents is 1. The Bertz CT molecular complexity index is 1120. The van der Waals surface area contributed by atoms with E-state index in [2.05, 4.69) is 0 Å². The van der Waals surface area contributed by atoms with Crippen molar-refractivity contribution in [2.45, 2.75) is 51.6 Å². The van der Waals surface area contributed by atoms with E-state index in [1.165, 1.54) is 6.07 Å². The second-order valence-corrected chi connectivity index (χ2v) is 10.3. The molecular formula is C25H47N4O19P. The van der Waals surface area contributed by atoms with E-state index in [4.69, 9.17) is 87.4 Å². The van der Waals surface area contributed by atoms with Crippen molar-refractivity contribution in [3.05, 3.63) is 29.8 Å². The molecule has 0 aliphatic rings. The van der Waals surface area contributed by atoms with Gasteiger partial charge in [0.25, 0.3) is 17.9 Å². The zero-order valence-corrected chi connectivity index (χ0v) is 27.7. The fraction of sp³-hybridized carbons (Fsp3) is 0.480. The quantitative estimate of drug-likeness (QED) is 0.0852. The van der Waals surface area contributed by atoms with Gasteiger partial charge in [-0.1, -0.05) is 18.2 Å². The van der Waals surface area contributed by atoms with Crippen LogP contribution in [0.1, 0.15) is 45.6 Å². The van der Waals surface area contributed by atoms with Gasteiger partial charge >= 0.3 is 31.5 Å². The van der Waals surface area contributed by atoms with Crippen LogP contribution in [0.3, 0.4) is 0 Å². The third kappa shape index (κ3) is 47.8. The fourth-order valence-electron chi connectivity index (χ4n) is 2.10. The van der Waals surface area contributed by atoms with Gasteiger partial charge in [0.2, 0.25) is 0 Å². The number of para-hydroxylation sites is 1. The predicted octanol–water partition coefficient (Wildman–Crippen LogP) is -1.55. The molecule has 0 aliphatic heterocycles. The lowest BCUT2D eigenvalue weighted by Gasteiger charge is -2.27. The highest BCUT2D eigenvalue weighted by atomic mass is 31.2. The first-order valence-electron chi connectivity index (χ1n) is 13.0. The van der Waals surface area contributed by atoms with Crippen molar-refractivity contribution >= 4 is 49.4 Å². The summed E-state index contributed by atoms with van der Waals surface area (Å²) in [7, 11) is -5.32. The summed E-state index contributed by atoms with van der Waals surface area (Å²) < 4.78 is 11.1. The molecule has 0 bridgehead atoms. The molecule has 0 saturated heterocycles. The molecular weight excluding hydrogens is 691 g/mol. The van der Waals surface area contributed by atoms with Gasteiger partial charge in [0.1, 0.15) is 5.75 Å². The minimum atomic E-state index is -5.32. The average molecular weight is 739 g/mol. The van der Waals surface area contributed by atoms with Gasteiger partial charge in [-0.05, 0) is 12.5 Å². The van der Waals surface area contributed by atoms with Crippen LogP contribution in [-0.4, -0.2) is 129 Å². The van der Waals surface area contributed by atoms with Crippen LogP contribution in [0, 0.1) is 0 Å². The molecule has 286 valence electrons. The van der Waals surface area contributed by atoms with Gasteiger partial charge in [0, 0.05) is 58.9 Å². The SMILES string of the molecule is CC(=O)O.CC(=O)O.CC(=O)O.NCCN.NCCNO.O=C(O)CCC(CC(=O)O)(C(=O)O)P(=O)(O)O.O=C(O)Cc1ccccc1O. The lowest BCUT2D eigenvalue weighted by atomic mass is 9.98. The maximum absolute atomic E-state index is 11.1. The smallest absolute Gasteiger partial charge is 0.343 e. The number of rotatable bonds is 12. The number of hydrogen-bond acceptors (Lipinski definition) is 14. The van der Waals surface area contributed by atoms with Gasteiger partial charge < -0.3 is 73.0 Å². The number of aliphatic carboxylic acids is 7. The maximum atomic E-state index is 11.1. The third-order valence-electron chi connectivity index (χ3n) is 3.91. The fourth-order valence-corrected chi connectivity index (χ4v) is 3.09. The Morgan fingerprint density at radius 3 is 1.31 bits per heavy atom. The second kappa shape index (κ2) is 34.6. The van der Waals surface area contributed by atoms with E-state index in [0.717, 1.165) is 20.8 Å². The highest BCUT2D eigenvalue weighted by Crippen LogP contribution is 2.55. The third-order valence-corrected chi connectivity index (χ3v) is 5.60. The molecule has 1 aromatic carbocycles. The van der Waals surface area contributed by atoms with Gasteiger partial charge in [-0.3, -0.25) is 38.1 Å². The van der Waals surface area contributed by atoms with Crippen LogP contribution in [0.4, 0.5) is 0 Å². The first kappa shape index (κ1) is 56.6. The number of carbonyl (C=O) groups is 7. The van der Waals surface area contributed by atoms with Crippen molar-refractivity contribution in [2.75, 3.05) is 26.2 Å². The molecule has 18 N–H and O–H groups in total. The van der Waals surface area contributed by atoms with Gasteiger partial charge in [0.15, 0.2) is 5.16 Å². The van der Waals surface area contributed by atoms with Crippen molar-refractivity contribution in [2.24, 2.45) is 17.2 Å². The van der Waals surface area contributed by atoms with Crippen LogP contribution < -0.4 is 22.7 Å². The van der Waals surface area contributed by atoms with Gasteiger partial charge in [-0.25, -0.2) is 5.48 Å². The van der Waals surface area contributed by atoms with E-state index in [1.54, 1.807) is 18.2 Å². The summed E-state index contributed by atoms with van der Waals surface area (Å²) in [6.45, 7) is 5.40. The summed E-state index contributed by atoms with van der Waals surface area (Å²) in [4.78, 5) is 86.7. The summed E-state index contributed by atoms with van der Waals surface area (Å²) in [6.07, 6.45) is -3.30. The van der Waals surface area contributed by atoms with Crippen molar-refractivity contribution < 1.29 is 94.0 Å². The van der Waals surface area contributed by atoms with Crippen molar-refractivity contribution in [1.82, 2.24) is 5.48 Å². The van der Waals surface area contributed by atoms with Crippen LogP contribution in [0.2, 0.25) is 0 Å². The summed E-state index contributed by atoms with van der Waals surface area (Å²) in [5.74, 6) is -8.65. The molecule has 0 saturated carbocycles. The predicted molar refractivity (Wildman–Crippen MR) is 168 cm³/mol. The van der Waals surface area contributed by atoms with Crippen molar-refractivity contribution in [3.8, 4) is 5.75 Å². The van der Waals surface area contributed by atoms with Crippen LogP contribution >= 0.6 is 7.60 Å². The summed E-state index contributed by atoms with van der Waals surface area (Å²) in [6, 6.07) is 6.40. The normalized spacial score (nSPS) is 10.3. The molecule has 24 heteroatoms. The van der Waals surface area contributed by atoms with Crippen LogP contribution in [0.25, 0.3) is 0 Å². The molecule has 0 radical (unpaired) electrons. The van der Waals surface area contributed by atoms with Crippen molar-refractivity contribution in [3.63, 3.8) is 0 Å². The zero-order valence-electron chi connectivity index (χ0n) is 26.8. The molecule has 49 heavy (non-hydrogen) atoms. The Labute approximate surface area is 279 Å². The van der Waals surface area contributed by atoms with E-state index in [1.807, 2.05) is 5.48 Å². The molecule has 1 aromatic rings. The molecule has 0 aliphatic carbocycles. The number of nitrogens with one attached hydrogen (secondary N) is 1. The van der Waals surface area contributed by atoms with Gasteiger partial charge in [-0.15, -0.1) is 0 Å². The summed E-state index contributed by atoms with van der Waals surface area (Å²) in [5, 5.41) is 70.2. The number of carboxylic acid groups (broad SMARTS) is 7. The molecule has 0 heterocycles. The number of carboxylic acids is 7. The Kier molecular flexibility index (Phi) is 39.9. The van der Waals surface area contributed by atoms with Crippen LogP contribution in [0.15, 0.2) is 24.3 Å². The van der Waals surface area contributed by atoms with E-state index in [9.17, 15) is 23.7 Å². The minimum absolute atomic E-state index is 0.0369. The number of hydrogen-bond donors (Lipinski definition) is 15. The molecule has 23 nitrogen and oxygen atoms in total. The number of nitrogens with two attached hydrogens (primary N) is 3. The van der Waals surface area contributed by atoms with Crippen LogP contribution in [0.5, 0.6) is 5.75 Å². The Balaban J connectivity index is -0.000000123. The first-order chi connectivity index (χ1) is 22.2. The largest absolute Gasteiger partial charge is 0.508 e. The van der Waals surface area contributed by atoms with Crippen LogP contribution in [-0.2, 0) is 44.5 Å². The summed E-state index contributed by atoms with van der Waals surface area (Å²) >= 11 is 0. The molecule has 0 fully saturated rings. The van der Waals surface area contributed by atoms with E-state index in [0.29, 0.717) is 31.7 Å². The average Bonchev–Trinajstić information content (AvgIpc) is 2.91. The highest BCUT2D eigenvalue weighted by Gasteiger charge is 2.55. The Morgan fingerprint density at radius 2 is 1.10 bits per heavy atom. The zero-order chi connectivity index (χ0) is 40.4. The molecule has 1 unspecified atom stereocenters. The number of hydroxylamine groups is 1. The number of benzene rings is 1. The summed E-state index contributed by atoms with van der Waals surface area (Å²) in [5.41, 5.74) is 17.1. The van der Waals surface area contributed by atoms with E-state index < -0.39 is 73.8 Å². The molecule has 0 spiro atoms. The maximum Gasteiger partial charge on any atom is 0.343 e. The topological polar surface area (TPSA) is 449 Å². The van der Waals surface area contributed by atoms with Gasteiger partial charge in [-0.2, -0.15) is 0 Å². The van der Waals surface area contributed by atoms with E-state index >= 15 is 0 Å². The Hall–Kier alpha value is -4.74. The lowest BCUT2D eigenvalue weighted by molar-refractivity contribution is -0.148. The Morgan fingerprint density at radius 1 is 0.714 bits per heavy atom. The number of aromatic hydroxyl groups is 1. The van der Waals surface area contributed by atoms with Gasteiger partial charge in [0.05, 0.1) is 12.8 Å². The molecule has 0 aromatic heterocycles. The molecule has 1 rings (SSSR count). The molecule has 0 amide bonds. The second-order valence-electron chi connectivity index (χ2n) is 8.38. The monoisotopic (exact) mass is 738 g/mol. The highest BCUT2D eigenvalue weighted by molar-refractivity contribution is 7.54. The number of phenols is 1. The lowest BCUT2D eigenvalue weighted by Crippen LogP contribution is -2.41. The minimum Gasteiger partial charge on any atom is -0.508 e. The first-order valence-corrected chi connectivity index (χ1v) is 14.6. The van der Waals surface area contributed by atoms with E-state index in [-0.39, 0.29) is 12.2 Å². The van der Waals surface area contributed by atoms with Crippen molar-refractivity contribution in [1.29, 1.82) is 0 Å².